The van der Waals surface area contributed by atoms with Gasteiger partial charge in [0.25, 0.3) is 0 Å². The molecule has 2 heterocycles. The Morgan fingerprint density at radius 3 is 2.95 bits per heavy atom. The highest BCUT2D eigenvalue weighted by Gasteiger charge is 2.27. The second kappa shape index (κ2) is 6.15. The van der Waals surface area contributed by atoms with Gasteiger partial charge in [-0.1, -0.05) is 12.1 Å². The monoisotopic (exact) mass is 274 g/mol. The van der Waals surface area contributed by atoms with Crippen LogP contribution in [0.4, 0.5) is 0 Å². The lowest BCUT2D eigenvalue weighted by atomic mass is 9.96. The molecule has 3 nitrogen and oxygen atoms in total. The summed E-state index contributed by atoms with van der Waals surface area (Å²) in [5.41, 5.74) is 4.07. The first-order valence-electron chi connectivity index (χ1n) is 7.95. The smallest absolute Gasteiger partial charge is 0.127 e. The Labute approximate surface area is 122 Å². The van der Waals surface area contributed by atoms with E-state index in [1.54, 1.807) is 0 Å². The summed E-state index contributed by atoms with van der Waals surface area (Å²) < 4.78 is 6.07. The fourth-order valence-electron chi connectivity index (χ4n) is 3.43. The van der Waals surface area contributed by atoms with Gasteiger partial charge >= 0.3 is 0 Å². The van der Waals surface area contributed by atoms with Gasteiger partial charge < -0.3 is 10.1 Å². The van der Waals surface area contributed by atoms with E-state index in [0.717, 1.165) is 38.4 Å². The van der Waals surface area contributed by atoms with Crippen LogP contribution in [0.1, 0.15) is 42.0 Å². The number of hydrogen-bond acceptors (Lipinski definition) is 3. The summed E-state index contributed by atoms with van der Waals surface area (Å²) in [6.07, 6.45) is 3.62. The summed E-state index contributed by atoms with van der Waals surface area (Å²) in [6.45, 7) is 9.84. The van der Waals surface area contributed by atoms with Crippen molar-refractivity contribution in [2.24, 2.45) is 0 Å². The molecule has 1 aromatic carbocycles. The average Bonchev–Trinajstić information content (AvgIpc) is 2.83. The summed E-state index contributed by atoms with van der Waals surface area (Å²) in [4.78, 5) is 2.66. The first kappa shape index (κ1) is 13.9. The van der Waals surface area contributed by atoms with Crippen LogP contribution >= 0.6 is 0 Å². The predicted octanol–water partition coefficient (Wildman–Crippen LogP) is 2.81. The molecule has 0 radical (unpaired) electrons. The van der Waals surface area contributed by atoms with Crippen LogP contribution in [0.25, 0.3) is 0 Å². The van der Waals surface area contributed by atoms with E-state index in [4.69, 9.17) is 4.74 Å². The predicted molar refractivity (Wildman–Crippen MR) is 82.4 cm³/mol. The minimum absolute atomic E-state index is 0.534. The highest BCUT2D eigenvalue weighted by atomic mass is 16.5. The summed E-state index contributed by atoms with van der Waals surface area (Å²) in [5, 5.41) is 3.50. The third kappa shape index (κ3) is 2.70. The lowest BCUT2D eigenvalue weighted by Gasteiger charge is -2.30. The number of nitrogens with one attached hydrogen (secondary N) is 1. The van der Waals surface area contributed by atoms with Crippen LogP contribution in [0.2, 0.25) is 0 Å². The van der Waals surface area contributed by atoms with Gasteiger partial charge in [0.05, 0.1) is 6.61 Å². The first-order chi connectivity index (χ1) is 9.77. The molecule has 2 aliphatic rings. The van der Waals surface area contributed by atoms with Gasteiger partial charge in [-0.15, -0.1) is 0 Å². The van der Waals surface area contributed by atoms with Crippen LogP contribution in [0.15, 0.2) is 12.1 Å². The van der Waals surface area contributed by atoms with Gasteiger partial charge in [0, 0.05) is 31.2 Å². The maximum absolute atomic E-state index is 6.07. The Bertz CT molecular complexity index is 464. The Morgan fingerprint density at radius 2 is 2.05 bits per heavy atom. The van der Waals surface area contributed by atoms with Crippen LogP contribution in [-0.2, 0) is 0 Å². The van der Waals surface area contributed by atoms with Gasteiger partial charge in [0.1, 0.15) is 5.75 Å². The number of nitrogens with zero attached hydrogens (tertiary/aromatic N) is 1. The number of benzene rings is 1. The first-order valence-corrected chi connectivity index (χ1v) is 7.95. The molecule has 1 saturated heterocycles. The molecule has 3 rings (SSSR count). The molecule has 3 heteroatoms. The van der Waals surface area contributed by atoms with E-state index in [9.17, 15) is 0 Å². The highest BCUT2D eigenvalue weighted by molar-refractivity contribution is 5.47. The topological polar surface area (TPSA) is 24.5 Å². The number of rotatable bonds is 1. The van der Waals surface area contributed by atoms with Crippen molar-refractivity contribution in [1.29, 1.82) is 0 Å². The number of aryl methyl sites for hydroxylation is 1. The Morgan fingerprint density at radius 1 is 1.15 bits per heavy atom. The van der Waals surface area contributed by atoms with Gasteiger partial charge in [-0.3, -0.25) is 4.90 Å². The Kier molecular flexibility index (Phi) is 4.27. The van der Waals surface area contributed by atoms with E-state index in [1.807, 2.05) is 0 Å². The van der Waals surface area contributed by atoms with Gasteiger partial charge in [-0.05, 0) is 50.8 Å². The third-order valence-electron chi connectivity index (χ3n) is 4.75. The number of ether oxygens (including phenoxy) is 1. The summed E-state index contributed by atoms with van der Waals surface area (Å²) >= 11 is 0. The van der Waals surface area contributed by atoms with Gasteiger partial charge in [-0.2, -0.15) is 0 Å². The second-order valence-corrected chi connectivity index (χ2v) is 6.07. The van der Waals surface area contributed by atoms with Crippen molar-refractivity contribution >= 4 is 0 Å². The summed E-state index contributed by atoms with van der Waals surface area (Å²) in [6, 6.07) is 5.09. The quantitative estimate of drug-likeness (QED) is 0.852. The fourth-order valence-corrected chi connectivity index (χ4v) is 3.43. The van der Waals surface area contributed by atoms with Crippen LogP contribution in [-0.4, -0.2) is 37.7 Å². The molecule has 1 N–H and O–H groups in total. The van der Waals surface area contributed by atoms with Crippen molar-refractivity contribution in [2.75, 3.05) is 32.8 Å². The Hall–Kier alpha value is -1.06. The minimum atomic E-state index is 0.534. The van der Waals surface area contributed by atoms with Crippen LogP contribution in [0.3, 0.4) is 0 Å². The zero-order chi connectivity index (χ0) is 13.9. The molecule has 0 spiro atoms. The van der Waals surface area contributed by atoms with Crippen molar-refractivity contribution in [2.45, 2.75) is 39.2 Å². The molecule has 1 fully saturated rings. The van der Waals surface area contributed by atoms with E-state index in [1.165, 1.54) is 36.1 Å². The van der Waals surface area contributed by atoms with Gasteiger partial charge in [0.2, 0.25) is 0 Å². The molecule has 0 amide bonds. The van der Waals surface area contributed by atoms with Crippen LogP contribution < -0.4 is 10.1 Å². The molecule has 0 aromatic heterocycles. The zero-order valence-corrected chi connectivity index (χ0v) is 12.7. The van der Waals surface area contributed by atoms with Crippen molar-refractivity contribution in [1.82, 2.24) is 10.2 Å². The third-order valence-corrected chi connectivity index (χ3v) is 4.75. The number of hydrogen-bond donors (Lipinski definition) is 1. The molecule has 1 aromatic rings. The molecule has 20 heavy (non-hydrogen) atoms. The van der Waals surface area contributed by atoms with Crippen molar-refractivity contribution in [3.8, 4) is 5.75 Å². The molecule has 0 bridgehead atoms. The van der Waals surface area contributed by atoms with Crippen LogP contribution in [0, 0.1) is 13.8 Å². The molecule has 0 aliphatic carbocycles. The van der Waals surface area contributed by atoms with Crippen molar-refractivity contribution < 1.29 is 4.74 Å². The molecular weight excluding hydrogens is 248 g/mol. The Balaban J connectivity index is 1.94. The van der Waals surface area contributed by atoms with E-state index in [0.29, 0.717) is 6.04 Å². The molecule has 1 atom stereocenters. The molecule has 1 unspecified atom stereocenters. The lowest BCUT2D eigenvalue weighted by molar-refractivity contribution is 0.199. The van der Waals surface area contributed by atoms with Gasteiger partial charge in [-0.25, -0.2) is 0 Å². The standard InChI is InChI=1S/C17H26N2O/c1-13-6-7-15-16(19-10-4-8-18-9-11-19)5-3-12-20-17(15)14(13)2/h6-7,16,18H,3-5,8-12H2,1-2H3. The zero-order valence-electron chi connectivity index (χ0n) is 12.7. The van der Waals surface area contributed by atoms with Crippen molar-refractivity contribution in [3.05, 3.63) is 28.8 Å². The average molecular weight is 274 g/mol. The fraction of sp³-hybridized carbons (Fsp3) is 0.647. The summed E-state index contributed by atoms with van der Waals surface area (Å²) in [5.74, 6) is 1.16. The van der Waals surface area contributed by atoms with Gasteiger partial charge in [0.15, 0.2) is 0 Å². The largest absolute Gasteiger partial charge is 0.493 e. The highest BCUT2D eigenvalue weighted by Crippen LogP contribution is 2.38. The maximum atomic E-state index is 6.07. The van der Waals surface area contributed by atoms with E-state index < -0.39 is 0 Å². The van der Waals surface area contributed by atoms with E-state index >= 15 is 0 Å². The normalized spacial score (nSPS) is 24.4. The lowest BCUT2D eigenvalue weighted by Crippen LogP contribution is -2.32. The van der Waals surface area contributed by atoms with E-state index in [2.05, 4.69) is 36.2 Å². The molecule has 110 valence electrons. The second-order valence-electron chi connectivity index (χ2n) is 6.07. The van der Waals surface area contributed by atoms with Crippen molar-refractivity contribution in [3.63, 3.8) is 0 Å². The van der Waals surface area contributed by atoms with Crippen LogP contribution in [0.5, 0.6) is 5.75 Å². The SMILES string of the molecule is Cc1ccc2c(c1C)OCCCC2N1CCCNCC1. The minimum Gasteiger partial charge on any atom is -0.493 e. The molecule has 2 aliphatic heterocycles. The van der Waals surface area contributed by atoms with E-state index in [-0.39, 0.29) is 0 Å². The maximum Gasteiger partial charge on any atom is 0.127 e. The number of fused-ring (bicyclic) bond motifs is 1. The molecule has 0 saturated carbocycles. The molecular formula is C17H26N2O. The summed E-state index contributed by atoms with van der Waals surface area (Å²) in [7, 11) is 0.